The molecule has 0 radical (unpaired) electrons. The monoisotopic (exact) mass is 252 g/mol. The highest BCUT2D eigenvalue weighted by Crippen LogP contribution is 2.40. The molecule has 1 aliphatic carbocycles. The molecule has 1 unspecified atom stereocenters. The largest absolute Gasteiger partial charge is 0.380 e. The van der Waals surface area contributed by atoms with Crippen LogP contribution >= 0.6 is 0 Å². The third-order valence-corrected chi connectivity index (χ3v) is 4.29. The molecule has 0 heterocycles. The maximum Gasteiger partial charge on any atom is 0.115 e. The Morgan fingerprint density at radius 2 is 1.79 bits per heavy atom. The van der Waals surface area contributed by atoms with Crippen molar-refractivity contribution in [1.29, 1.82) is 0 Å². The molecule has 1 aliphatic rings. The molecule has 0 fully saturated rings. The van der Waals surface area contributed by atoms with Crippen molar-refractivity contribution in [2.75, 3.05) is 0 Å². The van der Waals surface area contributed by atoms with Crippen molar-refractivity contribution < 1.29 is 5.11 Å². The van der Waals surface area contributed by atoms with Crippen LogP contribution < -0.4 is 0 Å². The Morgan fingerprint density at radius 1 is 1.05 bits per heavy atom. The molecule has 0 aliphatic heterocycles. The maximum absolute atomic E-state index is 11.2. The van der Waals surface area contributed by atoms with E-state index >= 15 is 0 Å². The van der Waals surface area contributed by atoms with Gasteiger partial charge in [-0.15, -0.1) is 0 Å². The summed E-state index contributed by atoms with van der Waals surface area (Å²) in [5.74, 6) is 0. The van der Waals surface area contributed by atoms with E-state index in [1.54, 1.807) is 0 Å². The minimum atomic E-state index is -0.804. The smallest absolute Gasteiger partial charge is 0.115 e. The van der Waals surface area contributed by atoms with Gasteiger partial charge in [-0.25, -0.2) is 0 Å². The summed E-state index contributed by atoms with van der Waals surface area (Å²) in [6.07, 6.45) is 3.97. The molecule has 0 saturated carbocycles. The van der Waals surface area contributed by atoms with Crippen LogP contribution in [0.4, 0.5) is 0 Å². The Balaban J connectivity index is 2.07. The molecule has 2 aromatic carbocycles. The minimum Gasteiger partial charge on any atom is -0.380 e. The topological polar surface area (TPSA) is 20.2 Å². The minimum absolute atomic E-state index is 0.804. The first-order valence-electron chi connectivity index (χ1n) is 7.14. The average molecular weight is 252 g/mol. The predicted molar refractivity (Wildman–Crippen MR) is 78.2 cm³/mol. The van der Waals surface area contributed by atoms with Crippen LogP contribution in [0.5, 0.6) is 0 Å². The second-order valence-corrected chi connectivity index (χ2v) is 5.42. The van der Waals surface area contributed by atoms with Crippen molar-refractivity contribution in [2.45, 2.75) is 38.2 Å². The lowest BCUT2D eigenvalue weighted by Gasteiger charge is -2.35. The highest BCUT2D eigenvalue weighted by Gasteiger charge is 2.35. The molecule has 0 bridgehead atoms. The van der Waals surface area contributed by atoms with Crippen molar-refractivity contribution in [3.8, 4) is 0 Å². The number of fused-ring (bicyclic) bond motifs is 1. The molecule has 1 heteroatoms. The van der Waals surface area contributed by atoms with Crippen LogP contribution in [-0.2, 0) is 18.4 Å². The summed E-state index contributed by atoms with van der Waals surface area (Å²) >= 11 is 0. The van der Waals surface area contributed by atoms with Crippen molar-refractivity contribution >= 4 is 0 Å². The zero-order chi connectivity index (χ0) is 13.3. The van der Waals surface area contributed by atoms with Gasteiger partial charge in [-0.3, -0.25) is 0 Å². The van der Waals surface area contributed by atoms with E-state index in [0.717, 1.165) is 36.8 Å². The Morgan fingerprint density at radius 3 is 2.53 bits per heavy atom. The Bertz CT molecular complexity index is 570. The summed E-state index contributed by atoms with van der Waals surface area (Å²) in [5.41, 5.74) is 3.91. The SMILES string of the molecule is CCc1ccc(C2(O)CCCc3ccccc32)cc1. The molecule has 1 nitrogen and oxygen atoms in total. The third kappa shape index (κ3) is 2.08. The lowest BCUT2D eigenvalue weighted by atomic mass is 9.75. The number of benzene rings is 2. The average Bonchev–Trinajstić information content (AvgIpc) is 2.48. The predicted octanol–water partition coefficient (Wildman–Crippen LogP) is 3.82. The number of aryl methyl sites for hydroxylation is 2. The molecular weight excluding hydrogens is 232 g/mol. The standard InChI is InChI=1S/C18H20O/c1-2-14-9-11-16(12-10-14)18(19)13-5-7-15-6-3-4-8-17(15)18/h3-4,6,8-12,19H,2,5,7,13H2,1H3. The molecule has 19 heavy (non-hydrogen) atoms. The highest BCUT2D eigenvalue weighted by atomic mass is 16.3. The molecule has 0 saturated heterocycles. The van der Waals surface area contributed by atoms with E-state index in [0.29, 0.717) is 0 Å². The first-order chi connectivity index (χ1) is 9.24. The first kappa shape index (κ1) is 12.4. The summed E-state index contributed by atoms with van der Waals surface area (Å²) in [6, 6.07) is 16.7. The van der Waals surface area contributed by atoms with E-state index in [1.807, 2.05) is 6.07 Å². The maximum atomic E-state index is 11.2. The van der Waals surface area contributed by atoms with Gasteiger partial charge in [0.15, 0.2) is 0 Å². The Kier molecular flexibility index (Phi) is 3.16. The fourth-order valence-corrected chi connectivity index (χ4v) is 3.13. The fourth-order valence-electron chi connectivity index (χ4n) is 3.13. The fraction of sp³-hybridized carbons (Fsp3) is 0.333. The number of hydrogen-bond acceptors (Lipinski definition) is 1. The van der Waals surface area contributed by atoms with Crippen LogP contribution in [0.15, 0.2) is 48.5 Å². The number of hydrogen-bond donors (Lipinski definition) is 1. The van der Waals surface area contributed by atoms with Gasteiger partial charge in [-0.05, 0) is 47.9 Å². The molecule has 98 valence electrons. The summed E-state index contributed by atoms with van der Waals surface area (Å²) in [4.78, 5) is 0. The van der Waals surface area contributed by atoms with Gasteiger partial charge < -0.3 is 5.11 Å². The number of rotatable bonds is 2. The van der Waals surface area contributed by atoms with Crippen LogP contribution in [0.25, 0.3) is 0 Å². The van der Waals surface area contributed by atoms with Crippen LogP contribution in [0, 0.1) is 0 Å². The molecular formula is C18H20O. The van der Waals surface area contributed by atoms with Gasteiger partial charge in [0.25, 0.3) is 0 Å². The van der Waals surface area contributed by atoms with E-state index in [-0.39, 0.29) is 0 Å². The zero-order valence-electron chi connectivity index (χ0n) is 11.4. The van der Waals surface area contributed by atoms with Crippen LogP contribution in [0.2, 0.25) is 0 Å². The van der Waals surface area contributed by atoms with Gasteiger partial charge in [-0.1, -0.05) is 55.5 Å². The van der Waals surface area contributed by atoms with Gasteiger partial charge in [0.1, 0.15) is 5.60 Å². The van der Waals surface area contributed by atoms with Gasteiger partial charge >= 0.3 is 0 Å². The summed E-state index contributed by atoms with van der Waals surface area (Å²) in [6.45, 7) is 2.15. The molecule has 1 atom stereocenters. The van der Waals surface area contributed by atoms with E-state index in [9.17, 15) is 5.11 Å². The summed E-state index contributed by atoms with van der Waals surface area (Å²) in [7, 11) is 0. The van der Waals surface area contributed by atoms with Crippen LogP contribution in [0.3, 0.4) is 0 Å². The Hall–Kier alpha value is -1.60. The van der Waals surface area contributed by atoms with Gasteiger partial charge in [0, 0.05) is 0 Å². The van der Waals surface area contributed by atoms with Gasteiger partial charge in [-0.2, -0.15) is 0 Å². The molecule has 2 aromatic rings. The zero-order valence-corrected chi connectivity index (χ0v) is 11.4. The van der Waals surface area contributed by atoms with Crippen molar-refractivity contribution in [3.63, 3.8) is 0 Å². The lowest BCUT2D eigenvalue weighted by molar-refractivity contribution is 0.0616. The van der Waals surface area contributed by atoms with E-state index in [4.69, 9.17) is 0 Å². The summed E-state index contributed by atoms with van der Waals surface area (Å²) in [5, 5.41) is 11.2. The van der Waals surface area contributed by atoms with Gasteiger partial charge in [0.2, 0.25) is 0 Å². The molecule has 0 spiro atoms. The quantitative estimate of drug-likeness (QED) is 0.861. The molecule has 0 aromatic heterocycles. The van der Waals surface area contributed by atoms with E-state index in [2.05, 4.69) is 49.4 Å². The van der Waals surface area contributed by atoms with E-state index < -0.39 is 5.60 Å². The van der Waals surface area contributed by atoms with Crippen LogP contribution in [0.1, 0.15) is 42.0 Å². The van der Waals surface area contributed by atoms with Crippen molar-refractivity contribution in [2.24, 2.45) is 0 Å². The van der Waals surface area contributed by atoms with E-state index in [1.165, 1.54) is 11.1 Å². The van der Waals surface area contributed by atoms with Crippen LogP contribution in [-0.4, -0.2) is 5.11 Å². The lowest BCUT2D eigenvalue weighted by Crippen LogP contribution is -2.31. The normalized spacial score (nSPS) is 22.0. The molecule has 0 amide bonds. The highest BCUT2D eigenvalue weighted by molar-refractivity contribution is 5.43. The Labute approximate surface area is 114 Å². The second kappa shape index (κ2) is 4.82. The van der Waals surface area contributed by atoms with Crippen molar-refractivity contribution in [1.82, 2.24) is 0 Å². The number of aliphatic hydroxyl groups is 1. The molecule has 3 rings (SSSR count). The third-order valence-electron chi connectivity index (χ3n) is 4.29. The summed E-state index contributed by atoms with van der Waals surface area (Å²) < 4.78 is 0. The van der Waals surface area contributed by atoms with Crippen molar-refractivity contribution in [3.05, 3.63) is 70.8 Å². The van der Waals surface area contributed by atoms with Gasteiger partial charge in [0.05, 0.1) is 0 Å². The molecule has 1 N–H and O–H groups in total. The first-order valence-corrected chi connectivity index (χ1v) is 7.14. The second-order valence-electron chi connectivity index (χ2n) is 5.42.